The van der Waals surface area contributed by atoms with Gasteiger partial charge in [0.05, 0.1) is 4.90 Å². The fourth-order valence-corrected chi connectivity index (χ4v) is 5.14. The number of rotatable bonds is 5. The molecule has 3 N–H and O–H groups in total. The molecule has 1 fully saturated rings. The maximum atomic E-state index is 12.8. The molecule has 2 unspecified atom stereocenters. The third-order valence-electron chi connectivity index (χ3n) is 4.80. The molecule has 0 heterocycles. The van der Waals surface area contributed by atoms with Crippen molar-refractivity contribution in [3.8, 4) is 0 Å². The topological polar surface area (TPSA) is 72.2 Å². The molecule has 22 heavy (non-hydrogen) atoms. The number of hydrogen-bond donors (Lipinski definition) is 2. The number of nitrogens with two attached hydrogens (primary N) is 1. The maximum Gasteiger partial charge on any atom is 0.241 e. The number of benzene rings is 1. The molecular formula is C16H27ClN2O2S. The second kappa shape index (κ2) is 7.77. The first-order valence-electron chi connectivity index (χ1n) is 7.77. The van der Waals surface area contributed by atoms with Crippen molar-refractivity contribution in [3.63, 3.8) is 0 Å². The molecule has 0 aliphatic heterocycles. The van der Waals surface area contributed by atoms with Crippen LogP contribution < -0.4 is 10.5 Å². The number of nitrogens with one attached hydrogen (secondary N) is 1. The van der Waals surface area contributed by atoms with Gasteiger partial charge in [-0.1, -0.05) is 44.9 Å². The average Bonchev–Trinajstić information content (AvgIpc) is 2.49. The van der Waals surface area contributed by atoms with E-state index in [2.05, 4.69) is 11.6 Å². The van der Waals surface area contributed by atoms with E-state index in [1.54, 1.807) is 12.1 Å². The zero-order valence-electron chi connectivity index (χ0n) is 13.3. The van der Waals surface area contributed by atoms with Crippen LogP contribution >= 0.6 is 12.4 Å². The van der Waals surface area contributed by atoms with Crippen LogP contribution in [0, 0.1) is 5.92 Å². The van der Waals surface area contributed by atoms with Crippen LogP contribution in [0.15, 0.2) is 29.2 Å². The Bertz CT molecular complexity index is 592. The van der Waals surface area contributed by atoms with Gasteiger partial charge in [-0.05, 0) is 36.8 Å². The summed E-state index contributed by atoms with van der Waals surface area (Å²) in [7, 11) is -3.54. The van der Waals surface area contributed by atoms with Crippen molar-refractivity contribution < 1.29 is 8.42 Å². The van der Waals surface area contributed by atoms with E-state index < -0.39 is 15.6 Å². The molecule has 0 spiro atoms. The Morgan fingerprint density at radius 1 is 1.32 bits per heavy atom. The van der Waals surface area contributed by atoms with Crippen molar-refractivity contribution in [2.75, 3.05) is 6.54 Å². The zero-order valence-corrected chi connectivity index (χ0v) is 15.0. The van der Waals surface area contributed by atoms with Gasteiger partial charge in [0, 0.05) is 12.1 Å². The molecule has 1 aliphatic carbocycles. The Kier molecular flexibility index (Phi) is 6.86. The molecule has 0 saturated heterocycles. The summed E-state index contributed by atoms with van der Waals surface area (Å²) >= 11 is 0. The smallest absolute Gasteiger partial charge is 0.241 e. The van der Waals surface area contributed by atoms with Crippen molar-refractivity contribution in [3.05, 3.63) is 29.8 Å². The second-order valence-electron chi connectivity index (χ2n) is 6.07. The van der Waals surface area contributed by atoms with E-state index in [9.17, 15) is 8.42 Å². The summed E-state index contributed by atoms with van der Waals surface area (Å²) in [4.78, 5) is 0.387. The van der Waals surface area contributed by atoms with E-state index in [4.69, 9.17) is 5.73 Å². The predicted octanol–water partition coefficient (Wildman–Crippen LogP) is 2.86. The standard InChI is InChI=1S/C16H26N2O2S.ClH/c1-3-14-9-4-5-10-15(14)21(19,20)18-16(12-17)11-7-6-8-13(16)2;/h4-5,9-10,13,18H,3,6-8,11-12,17H2,1-2H3;1H. The van der Waals surface area contributed by atoms with Gasteiger partial charge >= 0.3 is 0 Å². The highest BCUT2D eigenvalue weighted by Gasteiger charge is 2.40. The Hall–Kier alpha value is -0.620. The largest absolute Gasteiger partial charge is 0.329 e. The van der Waals surface area contributed by atoms with Crippen molar-refractivity contribution in [1.29, 1.82) is 0 Å². The van der Waals surface area contributed by atoms with Crippen LogP contribution in [0.1, 0.15) is 45.1 Å². The molecule has 0 bridgehead atoms. The van der Waals surface area contributed by atoms with Crippen LogP contribution in [0.2, 0.25) is 0 Å². The highest BCUT2D eigenvalue weighted by Crippen LogP contribution is 2.34. The molecule has 1 aliphatic rings. The molecule has 0 radical (unpaired) electrons. The molecule has 6 heteroatoms. The Morgan fingerprint density at radius 3 is 2.59 bits per heavy atom. The van der Waals surface area contributed by atoms with Crippen molar-refractivity contribution in [2.45, 2.75) is 56.4 Å². The Labute approximate surface area is 140 Å². The highest BCUT2D eigenvalue weighted by molar-refractivity contribution is 7.89. The molecule has 1 saturated carbocycles. The van der Waals surface area contributed by atoms with Gasteiger partial charge in [0.25, 0.3) is 0 Å². The minimum Gasteiger partial charge on any atom is -0.329 e. The number of aryl methyl sites for hydroxylation is 1. The lowest BCUT2D eigenvalue weighted by Gasteiger charge is -2.42. The van der Waals surface area contributed by atoms with E-state index in [0.717, 1.165) is 31.2 Å². The lowest BCUT2D eigenvalue weighted by molar-refractivity contribution is 0.191. The van der Waals surface area contributed by atoms with Crippen LogP contribution in [0.3, 0.4) is 0 Å². The average molecular weight is 347 g/mol. The van der Waals surface area contributed by atoms with Crippen LogP contribution in [0.25, 0.3) is 0 Å². The summed E-state index contributed by atoms with van der Waals surface area (Å²) in [5, 5.41) is 0. The predicted molar refractivity (Wildman–Crippen MR) is 92.8 cm³/mol. The summed E-state index contributed by atoms with van der Waals surface area (Å²) in [6, 6.07) is 7.19. The monoisotopic (exact) mass is 346 g/mol. The summed E-state index contributed by atoms with van der Waals surface area (Å²) in [6.07, 6.45) is 4.71. The van der Waals surface area contributed by atoms with Crippen molar-refractivity contribution in [1.82, 2.24) is 4.72 Å². The molecule has 2 rings (SSSR count). The molecule has 4 nitrogen and oxygen atoms in total. The number of sulfonamides is 1. The van der Waals surface area contributed by atoms with Gasteiger partial charge in [-0.2, -0.15) is 0 Å². The first-order valence-corrected chi connectivity index (χ1v) is 9.25. The molecular weight excluding hydrogens is 320 g/mol. The lowest BCUT2D eigenvalue weighted by atomic mass is 9.74. The van der Waals surface area contributed by atoms with Gasteiger partial charge in [0.1, 0.15) is 0 Å². The fraction of sp³-hybridized carbons (Fsp3) is 0.625. The van der Waals surface area contributed by atoms with E-state index in [1.807, 2.05) is 19.1 Å². The molecule has 2 atom stereocenters. The van der Waals surface area contributed by atoms with Gasteiger partial charge in [-0.25, -0.2) is 13.1 Å². The van der Waals surface area contributed by atoms with Crippen LogP contribution in [0.4, 0.5) is 0 Å². The zero-order chi connectivity index (χ0) is 15.5. The van der Waals surface area contributed by atoms with E-state index in [-0.39, 0.29) is 18.3 Å². The van der Waals surface area contributed by atoms with Gasteiger partial charge in [0.2, 0.25) is 10.0 Å². The maximum absolute atomic E-state index is 12.8. The summed E-state index contributed by atoms with van der Waals surface area (Å²) in [5.41, 5.74) is 6.30. The number of hydrogen-bond acceptors (Lipinski definition) is 3. The van der Waals surface area contributed by atoms with Crippen LogP contribution in [-0.4, -0.2) is 20.5 Å². The Morgan fingerprint density at radius 2 is 2.00 bits per heavy atom. The molecule has 0 amide bonds. The fourth-order valence-electron chi connectivity index (χ4n) is 3.29. The van der Waals surface area contributed by atoms with E-state index >= 15 is 0 Å². The summed E-state index contributed by atoms with van der Waals surface area (Å²) < 4.78 is 28.6. The lowest BCUT2D eigenvalue weighted by Crippen LogP contribution is -2.59. The molecule has 126 valence electrons. The van der Waals surface area contributed by atoms with E-state index in [0.29, 0.717) is 17.9 Å². The minimum absolute atomic E-state index is 0. The third-order valence-corrected chi connectivity index (χ3v) is 6.45. The van der Waals surface area contributed by atoms with Crippen molar-refractivity contribution >= 4 is 22.4 Å². The van der Waals surface area contributed by atoms with Gasteiger partial charge in [-0.15, -0.1) is 12.4 Å². The third kappa shape index (κ3) is 3.82. The first kappa shape index (κ1) is 19.4. The van der Waals surface area contributed by atoms with Crippen LogP contribution in [-0.2, 0) is 16.4 Å². The van der Waals surface area contributed by atoms with Gasteiger partial charge in [0.15, 0.2) is 0 Å². The first-order chi connectivity index (χ1) is 9.95. The molecule has 0 aromatic heterocycles. The highest BCUT2D eigenvalue weighted by atomic mass is 35.5. The number of halogens is 1. The van der Waals surface area contributed by atoms with Gasteiger partial charge in [-0.3, -0.25) is 0 Å². The summed E-state index contributed by atoms with van der Waals surface area (Å²) in [6.45, 7) is 4.41. The molecule has 1 aromatic carbocycles. The van der Waals surface area contributed by atoms with Gasteiger partial charge < -0.3 is 5.73 Å². The normalized spacial score (nSPS) is 25.5. The quantitative estimate of drug-likeness (QED) is 0.861. The second-order valence-corrected chi connectivity index (χ2v) is 7.72. The van der Waals surface area contributed by atoms with Crippen LogP contribution in [0.5, 0.6) is 0 Å². The molecule has 1 aromatic rings. The minimum atomic E-state index is -3.54. The van der Waals surface area contributed by atoms with E-state index in [1.165, 1.54) is 0 Å². The SMILES string of the molecule is CCc1ccccc1S(=O)(=O)NC1(CN)CCCCC1C.Cl. The summed E-state index contributed by atoms with van der Waals surface area (Å²) in [5.74, 6) is 0.264. The van der Waals surface area contributed by atoms with Crippen molar-refractivity contribution in [2.24, 2.45) is 11.7 Å². The Balaban J connectivity index is 0.00000242.